The van der Waals surface area contributed by atoms with Crippen LogP contribution < -0.4 is 0 Å². The number of carbonyl (C=O) groups is 4. The average molecular weight is 406 g/mol. The van der Waals surface area contributed by atoms with Crippen LogP contribution in [0.5, 0.6) is 0 Å². The first-order valence-corrected chi connectivity index (χ1v) is 9.93. The number of methoxy groups -OCH3 is 2. The molecule has 1 aliphatic heterocycles. The van der Waals surface area contributed by atoms with E-state index in [0.717, 1.165) is 7.11 Å². The minimum absolute atomic E-state index is 0.0196. The third-order valence-corrected chi connectivity index (χ3v) is 7.76. The first-order chi connectivity index (χ1) is 13.6. The van der Waals surface area contributed by atoms with Crippen LogP contribution in [0.25, 0.3) is 0 Å². The topological polar surface area (TPSA) is 105 Å². The third-order valence-electron chi connectivity index (χ3n) is 7.76. The summed E-state index contributed by atoms with van der Waals surface area (Å²) in [6, 6.07) is 0. The van der Waals surface area contributed by atoms with Crippen LogP contribution >= 0.6 is 0 Å². The fourth-order valence-electron chi connectivity index (χ4n) is 6.34. The SMILES string of the molecule is COC(=O)OC(=O)C1C[C@H]2C=C[C@]3(C)C[C@@]4(C(=O)OC)CC3(OC4=O)[C@@H]2CC1C. The highest BCUT2D eigenvalue weighted by atomic mass is 16.7. The van der Waals surface area contributed by atoms with Crippen LogP contribution in [0.1, 0.15) is 39.5 Å². The number of carbonyl (C=O) groups excluding carboxylic acids is 4. The van der Waals surface area contributed by atoms with Gasteiger partial charge in [-0.15, -0.1) is 0 Å². The number of esters is 3. The van der Waals surface area contributed by atoms with E-state index in [9.17, 15) is 19.2 Å². The van der Waals surface area contributed by atoms with Crippen molar-refractivity contribution in [3.63, 3.8) is 0 Å². The largest absolute Gasteiger partial charge is 0.515 e. The maximum Gasteiger partial charge on any atom is 0.515 e. The molecule has 3 unspecified atom stereocenters. The van der Waals surface area contributed by atoms with Crippen molar-refractivity contribution >= 4 is 24.1 Å². The van der Waals surface area contributed by atoms with Crippen LogP contribution in [0.2, 0.25) is 0 Å². The van der Waals surface area contributed by atoms with Crippen molar-refractivity contribution in [1.82, 2.24) is 0 Å². The molecule has 8 heteroatoms. The second-order valence-corrected chi connectivity index (χ2v) is 9.18. The Labute approximate surface area is 168 Å². The smallest absolute Gasteiger partial charge is 0.468 e. The molecular weight excluding hydrogens is 380 g/mol. The first-order valence-electron chi connectivity index (χ1n) is 9.93. The van der Waals surface area contributed by atoms with Gasteiger partial charge in [-0.1, -0.05) is 26.0 Å². The van der Waals surface area contributed by atoms with Gasteiger partial charge in [0.15, 0.2) is 5.41 Å². The van der Waals surface area contributed by atoms with Gasteiger partial charge >= 0.3 is 24.1 Å². The van der Waals surface area contributed by atoms with Crippen LogP contribution in [0.3, 0.4) is 0 Å². The Hall–Kier alpha value is -2.38. The van der Waals surface area contributed by atoms with Gasteiger partial charge in [0.05, 0.1) is 20.1 Å². The Morgan fingerprint density at radius 3 is 2.52 bits per heavy atom. The Balaban J connectivity index is 1.64. The molecule has 0 aromatic rings. The summed E-state index contributed by atoms with van der Waals surface area (Å²) in [5.74, 6) is -2.21. The van der Waals surface area contributed by atoms with E-state index >= 15 is 0 Å². The third kappa shape index (κ3) is 2.50. The molecule has 0 aromatic heterocycles. The zero-order chi connectivity index (χ0) is 21.2. The minimum atomic E-state index is -1.26. The standard InChI is InChI=1S/C21H26O8/c1-11-7-14-12(8-13(11)15(22)28-18(25)27-4)5-6-19(2)9-20(16(23)26-3)10-21(14,19)29-17(20)24/h5-6,11-14H,7-10H2,1-4H3/t11?,12-,13?,14-,19-,20+,21?/m1/s1. The maximum absolute atomic E-state index is 12.8. The molecule has 7 atom stereocenters. The molecule has 2 bridgehead atoms. The highest BCUT2D eigenvalue weighted by Crippen LogP contribution is 2.70. The summed E-state index contributed by atoms with van der Waals surface area (Å²) in [6.45, 7) is 3.96. The summed E-state index contributed by atoms with van der Waals surface area (Å²) in [5.41, 5.74) is -2.51. The predicted octanol–water partition coefficient (Wildman–Crippen LogP) is 2.40. The van der Waals surface area contributed by atoms with E-state index in [0.29, 0.717) is 25.7 Å². The van der Waals surface area contributed by atoms with Gasteiger partial charge < -0.3 is 18.9 Å². The summed E-state index contributed by atoms with van der Waals surface area (Å²) >= 11 is 0. The van der Waals surface area contributed by atoms with Gasteiger partial charge in [0, 0.05) is 17.8 Å². The maximum atomic E-state index is 12.8. The Morgan fingerprint density at radius 2 is 1.86 bits per heavy atom. The lowest BCUT2D eigenvalue weighted by Crippen LogP contribution is -2.57. The van der Waals surface area contributed by atoms with Gasteiger partial charge in [-0.25, -0.2) is 4.79 Å². The Kier molecular flexibility index (Phi) is 4.33. The summed E-state index contributed by atoms with van der Waals surface area (Å²) in [6.07, 6.45) is 4.86. The summed E-state index contributed by atoms with van der Waals surface area (Å²) < 4.78 is 20.1. The molecule has 158 valence electrons. The molecule has 4 rings (SSSR count). The summed E-state index contributed by atoms with van der Waals surface area (Å²) in [5, 5.41) is 0. The van der Waals surface area contributed by atoms with Crippen molar-refractivity contribution < 1.29 is 38.1 Å². The Bertz CT molecular complexity index is 817. The predicted molar refractivity (Wildman–Crippen MR) is 97.1 cm³/mol. The van der Waals surface area contributed by atoms with Gasteiger partial charge in [0.25, 0.3) is 0 Å². The molecule has 1 saturated heterocycles. The van der Waals surface area contributed by atoms with Crippen LogP contribution in [-0.2, 0) is 33.3 Å². The van der Waals surface area contributed by atoms with E-state index in [2.05, 4.69) is 10.8 Å². The van der Waals surface area contributed by atoms with Crippen LogP contribution in [0, 0.1) is 34.5 Å². The van der Waals surface area contributed by atoms with Gasteiger partial charge in [-0.05, 0) is 31.1 Å². The lowest BCUT2D eigenvalue weighted by molar-refractivity contribution is -0.193. The highest BCUT2D eigenvalue weighted by Gasteiger charge is 2.78. The molecule has 29 heavy (non-hydrogen) atoms. The average Bonchev–Trinajstić information content (AvgIpc) is 3.14. The molecule has 0 aromatic carbocycles. The molecule has 0 radical (unpaired) electrons. The van der Waals surface area contributed by atoms with Crippen molar-refractivity contribution in [2.24, 2.45) is 34.5 Å². The second kappa shape index (κ2) is 6.31. The fourth-order valence-corrected chi connectivity index (χ4v) is 6.34. The van der Waals surface area contributed by atoms with Crippen LogP contribution in [0.15, 0.2) is 12.2 Å². The number of ether oxygens (including phenoxy) is 4. The molecule has 0 N–H and O–H groups in total. The zero-order valence-corrected chi connectivity index (χ0v) is 17.1. The number of rotatable bonds is 2. The van der Waals surface area contributed by atoms with E-state index in [1.54, 1.807) is 0 Å². The van der Waals surface area contributed by atoms with Crippen molar-refractivity contribution in [2.75, 3.05) is 14.2 Å². The molecule has 1 spiro atoms. The van der Waals surface area contributed by atoms with Gasteiger partial charge in [0.2, 0.25) is 0 Å². The van der Waals surface area contributed by atoms with E-state index in [1.807, 2.05) is 19.9 Å². The number of fused-ring (bicyclic) bond motifs is 2. The monoisotopic (exact) mass is 406 g/mol. The van der Waals surface area contributed by atoms with E-state index < -0.39 is 46.4 Å². The summed E-state index contributed by atoms with van der Waals surface area (Å²) in [7, 11) is 2.44. The van der Waals surface area contributed by atoms with Gasteiger partial charge in [-0.2, -0.15) is 0 Å². The highest BCUT2D eigenvalue weighted by molar-refractivity contribution is 6.03. The summed E-state index contributed by atoms with van der Waals surface area (Å²) in [4.78, 5) is 49.1. The van der Waals surface area contributed by atoms with Crippen molar-refractivity contribution in [3.8, 4) is 0 Å². The minimum Gasteiger partial charge on any atom is -0.468 e. The second-order valence-electron chi connectivity index (χ2n) is 9.18. The first kappa shape index (κ1) is 19.9. The van der Waals surface area contributed by atoms with Crippen LogP contribution in [-0.4, -0.2) is 43.9 Å². The fraction of sp³-hybridized carbons (Fsp3) is 0.714. The molecule has 0 amide bonds. The number of hydrogen-bond acceptors (Lipinski definition) is 8. The van der Waals surface area contributed by atoms with Gasteiger partial charge in [-0.3, -0.25) is 14.4 Å². The van der Waals surface area contributed by atoms with E-state index in [-0.39, 0.29) is 17.8 Å². The van der Waals surface area contributed by atoms with Crippen molar-refractivity contribution in [3.05, 3.63) is 12.2 Å². The van der Waals surface area contributed by atoms with Gasteiger partial charge in [0.1, 0.15) is 5.60 Å². The molecule has 1 heterocycles. The van der Waals surface area contributed by atoms with Crippen molar-refractivity contribution in [2.45, 2.75) is 45.1 Å². The molecular formula is C21H26O8. The lowest BCUT2D eigenvalue weighted by Gasteiger charge is -2.54. The molecule has 8 nitrogen and oxygen atoms in total. The molecule has 3 aliphatic carbocycles. The van der Waals surface area contributed by atoms with Crippen molar-refractivity contribution in [1.29, 1.82) is 0 Å². The van der Waals surface area contributed by atoms with Crippen LogP contribution in [0.4, 0.5) is 4.79 Å². The van der Waals surface area contributed by atoms with E-state index in [1.165, 1.54) is 7.11 Å². The zero-order valence-electron chi connectivity index (χ0n) is 17.1. The number of allylic oxidation sites excluding steroid dienone is 1. The Morgan fingerprint density at radius 1 is 1.14 bits per heavy atom. The quantitative estimate of drug-likeness (QED) is 0.298. The molecule has 2 saturated carbocycles. The lowest BCUT2D eigenvalue weighted by atomic mass is 9.54. The molecule has 3 fully saturated rings. The normalized spacial score (nSPS) is 44.3. The van der Waals surface area contributed by atoms with E-state index in [4.69, 9.17) is 14.2 Å². The molecule has 4 aliphatic rings. The number of hydrogen-bond donors (Lipinski definition) is 0.